The minimum Gasteiger partial charge on any atom is -0.490 e. The van der Waals surface area contributed by atoms with Gasteiger partial charge in [0.1, 0.15) is 18.2 Å². The first kappa shape index (κ1) is 15.3. The van der Waals surface area contributed by atoms with Gasteiger partial charge in [0.25, 0.3) is 5.91 Å². The molecule has 3 N–H and O–H groups in total. The second kappa shape index (κ2) is 7.08. The van der Waals surface area contributed by atoms with E-state index >= 15 is 0 Å². The Morgan fingerprint density at radius 2 is 2.05 bits per heavy atom. The Labute approximate surface area is 130 Å². The van der Waals surface area contributed by atoms with Crippen LogP contribution in [0.1, 0.15) is 10.4 Å². The average molecular weight is 353 g/mol. The summed E-state index contributed by atoms with van der Waals surface area (Å²) in [6, 6.07) is 11.3. The van der Waals surface area contributed by atoms with Gasteiger partial charge < -0.3 is 15.8 Å². The van der Waals surface area contributed by atoms with Crippen molar-refractivity contribution in [1.29, 1.82) is 0 Å². The third-order valence-electron chi connectivity index (χ3n) is 2.75. The summed E-state index contributed by atoms with van der Waals surface area (Å²) >= 11 is 3.04. The molecule has 6 heteroatoms. The molecule has 0 bridgehead atoms. The summed E-state index contributed by atoms with van der Waals surface area (Å²) < 4.78 is 19.1. The van der Waals surface area contributed by atoms with Crippen molar-refractivity contribution >= 4 is 27.5 Å². The molecule has 0 heterocycles. The van der Waals surface area contributed by atoms with Crippen molar-refractivity contribution in [3.8, 4) is 5.75 Å². The van der Waals surface area contributed by atoms with E-state index < -0.39 is 5.82 Å². The molecule has 0 saturated carbocycles. The van der Waals surface area contributed by atoms with Crippen LogP contribution in [0, 0.1) is 5.82 Å². The van der Waals surface area contributed by atoms with Crippen LogP contribution in [0.25, 0.3) is 0 Å². The van der Waals surface area contributed by atoms with E-state index in [4.69, 9.17) is 10.5 Å². The summed E-state index contributed by atoms with van der Waals surface area (Å²) in [6.45, 7) is 0.573. The standard InChI is InChI=1S/C15H14BrFN2O2/c16-11-6-5-10(9-12(11)17)15(20)19-7-8-21-14-4-2-1-3-13(14)18/h1-6,9H,7-8,18H2,(H,19,20). The molecular weight excluding hydrogens is 339 g/mol. The van der Waals surface area contributed by atoms with Crippen LogP contribution in [0.2, 0.25) is 0 Å². The van der Waals surface area contributed by atoms with E-state index in [0.717, 1.165) is 0 Å². The van der Waals surface area contributed by atoms with Gasteiger partial charge in [-0.25, -0.2) is 4.39 Å². The number of anilines is 1. The quantitative estimate of drug-likeness (QED) is 0.642. The summed E-state index contributed by atoms with van der Waals surface area (Å²) in [5, 5.41) is 2.65. The van der Waals surface area contributed by atoms with E-state index in [-0.39, 0.29) is 18.1 Å². The largest absolute Gasteiger partial charge is 0.490 e. The number of amides is 1. The predicted octanol–water partition coefficient (Wildman–Crippen LogP) is 2.98. The molecule has 21 heavy (non-hydrogen) atoms. The molecule has 0 saturated heterocycles. The molecule has 0 aliphatic rings. The highest BCUT2D eigenvalue weighted by Gasteiger charge is 2.08. The van der Waals surface area contributed by atoms with Crippen molar-refractivity contribution in [2.24, 2.45) is 0 Å². The van der Waals surface area contributed by atoms with Gasteiger partial charge in [0.05, 0.1) is 16.7 Å². The highest BCUT2D eigenvalue weighted by molar-refractivity contribution is 9.10. The maximum Gasteiger partial charge on any atom is 0.251 e. The number of rotatable bonds is 5. The summed E-state index contributed by atoms with van der Waals surface area (Å²) in [5.41, 5.74) is 6.53. The second-order valence-corrected chi connectivity index (χ2v) is 5.13. The van der Waals surface area contributed by atoms with Crippen LogP contribution in [-0.4, -0.2) is 19.1 Å². The number of hydrogen-bond donors (Lipinski definition) is 2. The van der Waals surface area contributed by atoms with Gasteiger partial charge in [-0.3, -0.25) is 4.79 Å². The Morgan fingerprint density at radius 1 is 1.29 bits per heavy atom. The highest BCUT2D eigenvalue weighted by Crippen LogP contribution is 2.19. The number of carbonyl (C=O) groups is 1. The number of halogens is 2. The zero-order chi connectivity index (χ0) is 15.2. The summed E-state index contributed by atoms with van der Waals surface area (Å²) in [7, 11) is 0. The van der Waals surface area contributed by atoms with Crippen molar-refractivity contribution in [1.82, 2.24) is 5.32 Å². The van der Waals surface area contributed by atoms with Gasteiger partial charge in [-0.05, 0) is 46.3 Å². The molecule has 2 aromatic carbocycles. The molecule has 2 rings (SSSR count). The third-order valence-corrected chi connectivity index (χ3v) is 3.39. The lowest BCUT2D eigenvalue weighted by molar-refractivity contribution is 0.0946. The van der Waals surface area contributed by atoms with Crippen molar-refractivity contribution in [2.45, 2.75) is 0 Å². The average Bonchev–Trinajstić information content (AvgIpc) is 2.48. The molecule has 0 radical (unpaired) electrons. The molecule has 0 unspecified atom stereocenters. The topological polar surface area (TPSA) is 64.3 Å². The molecule has 0 atom stereocenters. The van der Waals surface area contributed by atoms with Crippen LogP contribution in [-0.2, 0) is 0 Å². The van der Waals surface area contributed by atoms with Gasteiger partial charge >= 0.3 is 0 Å². The van der Waals surface area contributed by atoms with Crippen LogP contribution in [0.4, 0.5) is 10.1 Å². The fourth-order valence-electron chi connectivity index (χ4n) is 1.68. The third kappa shape index (κ3) is 4.19. The Balaban J connectivity index is 1.82. The molecule has 4 nitrogen and oxygen atoms in total. The van der Waals surface area contributed by atoms with E-state index in [1.54, 1.807) is 18.2 Å². The number of carbonyl (C=O) groups excluding carboxylic acids is 1. The van der Waals surface area contributed by atoms with E-state index in [9.17, 15) is 9.18 Å². The van der Waals surface area contributed by atoms with Gasteiger partial charge in [-0.15, -0.1) is 0 Å². The van der Waals surface area contributed by atoms with E-state index in [1.807, 2.05) is 12.1 Å². The first-order chi connectivity index (χ1) is 10.1. The SMILES string of the molecule is Nc1ccccc1OCCNC(=O)c1ccc(Br)c(F)c1. The second-order valence-electron chi connectivity index (χ2n) is 4.27. The summed E-state index contributed by atoms with van der Waals surface area (Å²) in [6.07, 6.45) is 0. The first-order valence-corrected chi connectivity index (χ1v) is 7.08. The van der Waals surface area contributed by atoms with Crippen LogP contribution in [0.5, 0.6) is 5.75 Å². The number of nitrogens with two attached hydrogens (primary N) is 1. The van der Waals surface area contributed by atoms with E-state index in [1.165, 1.54) is 12.1 Å². The lowest BCUT2D eigenvalue weighted by Crippen LogP contribution is -2.28. The van der Waals surface area contributed by atoms with Crippen LogP contribution in [0.3, 0.4) is 0 Å². The van der Waals surface area contributed by atoms with Gasteiger partial charge in [0.15, 0.2) is 0 Å². The van der Waals surface area contributed by atoms with Crippen LogP contribution >= 0.6 is 15.9 Å². The Hall–Kier alpha value is -2.08. The fraction of sp³-hybridized carbons (Fsp3) is 0.133. The molecule has 0 aliphatic carbocycles. The van der Waals surface area contributed by atoms with Gasteiger partial charge in [0.2, 0.25) is 0 Å². The maximum absolute atomic E-state index is 13.3. The predicted molar refractivity (Wildman–Crippen MR) is 82.8 cm³/mol. The minimum atomic E-state index is -0.476. The molecular formula is C15H14BrFN2O2. The number of nitrogens with one attached hydrogen (secondary N) is 1. The maximum atomic E-state index is 13.3. The van der Waals surface area contributed by atoms with Gasteiger partial charge in [-0.1, -0.05) is 12.1 Å². The minimum absolute atomic E-state index is 0.259. The number of ether oxygens (including phenoxy) is 1. The van der Waals surface area contributed by atoms with Crippen molar-refractivity contribution < 1.29 is 13.9 Å². The zero-order valence-corrected chi connectivity index (χ0v) is 12.7. The first-order valence-electron chi connectivity index (χ1n) is 6.28. The molecule has 0 fully saturated rings. The number of hydrogen-bond acceptors (Lipinski definition) is 3. The van der Waals surface area contributed by atoms with Crippen molar-refractivity contribution in [3.05, 3.63) is 58.3 Å². The Kier molecular flexibility index (Phi) is 5.16. The van der Waals surface area contributed by atoms with Gasteiger partial charge in [-0.2, -0.15) is 0 Å². The molecule has 1 amide bonds. The zero-order valence-electron chi connectivity index (χ0n) is 11.1. The Bertz CT molecular complexity index is 649. The fourth-order valence-corrected chi connectivity index (χ4v) is 1.92. The lowest BCUT2D eigenvalue weighted by atomic mass is 10.2. The number of nitrogen functional groups attached to an aromatic ring is 1. The van der Waals surface area contributed by atoms with Gasteiger partial charge in [0, 0.05) is 5.56 Å². The van der Waals surface area contributed by atoms with E-state index in [0.29, 0.717) is 22.5 Å². The molecule has 0 spiro atoms. The molecule has 110 valence electrons. The number of para-hydroxylation sites is 2. The summed E-state index contributed by atoms with van der Waals surface area (Å²) in [5.74, 6) is -0.261. The van der Waals surface area contributed by atoms with Crippen molar-refractivity contribution in [3.63, 3.8) is 0 Å². The van der Waals surface area contributed by atoms with Crippen LogP contribution < -0.4 is 15.8 Å². The van der Waals surface area contributed by atoms with E-state index in [2.05, 4.69) is 21.2 Å². The van der Waals surface area contributed by atoms with Crippen molar-refractivity contribution in [2.75, 3.05) is 18.9 Å². The monoisotopic (exact) mass is 352 g/mol. The normalized spacial score (nSPS) is 10.2. The lowest BCUT2D eigenvalue weighted by Gasteiger charge is -2.09. The van der Waals surface area contributed by atoms with Crippen LogP contribution in [0.15, 0.2) is 46.9 Å². The highest BCUT2D eigenvalue weighted by atomic mass is 79.9. The molecule has 0 aromatic heterocycles. The Morgan fingerprint density at radius 3 is 2.76 bits per heavy atom. The summed E-state index contributed by atoms with van der Waals surface area (Å²) in [4.78, 5) is 11.8. The smallest absolute Gasteiger partial charge is 0.251 e. The molecule has 2 aromatic rings. The number of benzene rings is 2. The molecule has 0 aliphatic heterocycles.